The van der Waals surface area contributed by atoms with Crippen LogP contribution < -0.4 is 11.1 Å². The van der Waals surface area contributed by atoms with Gasteiger partial charge in [0.1, 0.15) is 0 Å². The van der Waals surface area contributed by atoms with Gasteiger partial charge in [-0.3, -0.25) is 4.57 Å². The van der Waals surface area contributed by atoms with E-state index >= 15 is 0 Å². The molecule has 0 spiro atoms. The molecule has 0 atom stereocenters. The number of fused-ring (bicyclic) bond motifs is 1. The first kappa shape index (κ1) is 16.2. The SMILES string of the molecule is Cn1c(=O)oc2cc(C3CCN(C(=O)NCCC4CC4)CC3)ccc21. The predicted octanol–water partition coefficient (Wildman–Crippen LogP) is 2.82. The minimum absolute atomic E-state index is 0.0728. The first-order valence-electron chi connectivity index (χ1n) is 9.24. The second kappa shape index (κ2) is 6.58. The van der Waals surface area contributed by atoms with Gasteiger partial charge in [-0.15, -0.1) is 0 Å². The molecular formula is C19H25N3O3. The maximum atomic E-state index is 12.2. The average molecular weight is 343 g/mol. The van der Waals surface area contributed by atoms with Crippen LogP contribution in [-0.4, -0.2) is 35.1 Å². The Hall–Kier alpha value is -2.24. The third-order valence-corrected chi connectivity index (χ3v) is 5.60. The summed E-state index contributed by atoms with van der Waals surface area (Å²) in [5, 5.41) is 3.05. The van der Waals surface area contributed by atoms with E-state index in [2.05, 4.69) is 11.4 Å². The molecule has 6 heteroatoms. The molecule has 2 heterocycles. The fourth-order valence-electron chi connectivity index (χ4n) is 3.72. The van der Waals surface area contributed by atoms with E-state index in [0.29, 0.717) is 11.5 Å². The van der Waals surface area contributed by atoms with Gasteiger partial charge in [0.05, 0.1) is 5.52 Å². The molecule has 1 aliphatic carbocycles. The number of nitrogens with one attached hydrogen (secondary N) is 1. The van der Waals surface area contributed by atoms with Gasteiger partial charge in [0.25, 0.3) is 0 Å². The molecule has 25 heavy (non-hydrogen) atoms. The smallest absolute Gasteiger partial charge is 0.408 e. The Kier molecular flexibility index (Phi) is 4.27. The van der Waals surface area contributed by atoms with Crippen molar-refractivity contribution in [2.24, 2.45) is 13.0 Å². The van der Waals surface area contributed by atoms with Crippen LogP contribution >= 0.6 is 0 Å². The number of piperidine rings is 1. The van der Waals surface area contributed by atoms with Crippen molar-refractivity contribution in [1.82, 2.24) is 14.8 Å². The van der Waals surface area contributed by atoms with Crippen LogP contribution in [0.3, 0.4) is 0 Å². The predicted molar refractivity (Wildman–Crippen MR) is 95.7 cm³/mol. The molecule has 2 aliphatic rings. The molecule has 2 fully saturated rings. The van der Waals surface area contributed by atoms with E-state index in [1.807, 2.05) is 17.0 Å². The number of rotatable bonds is 4. The van der Waals surface area contributed by atoms with E-state index in [4.69, 9.17) is 4.42 Å². The fourth-order valence-corrected chi connectivity index (χ4v) is 3.72. The maximum absolute atomic E-state index is 12.2. The number of likely N-dealkylation sites (tertiary alicyclic amines) is 1. The van der Waals surface area contributed by atoms with Gasteiger partial charge < -0.3 is 14.6 Å². The minimum atomic E-state index is -0.329. The van der Waals surface area contributed by atoms with Crippen molar-refractivity contribution >= 4 is 17.1 Å². The lowest BCUT2D eigenvalue weighted by Gasteiger charge is -2.32. The van der Waals surface area contributed by atoms with Crippen LogP contribution in [0.2, 0.25) is 0 Å². The third-order valence-electron chi connectivity index (χ3n) is 5.60. The summed E-state index contributed by atoms with van der Waals surface area (Å²) in [5.41, 5.74) is 2.65. The lowest BCUT2D eigenvalue weighted by molar-refractivity contribution is 0.181. The molecule has 0 radical (unpaired) electrons. The highest BCUT2D eigenvalue weighted by atomic mass is 16.4. The fraction of sp³-hybridized carbons (Fsp3) is 0.579. The first-order valence-corrected chi connectivity index (χ1v) is 9.24. The molecule has 2 amide bonds. The topological polar surface area (TPSA) is 67.5 Å². The molecule has 0 bridgehead atoms. The number of amides is 2. The standard InChI is InChI=1S/C19H25N3O3/c1-21-16-5-4-15(12-17(16)25-19(21)24)14-7-10-22(11-8-14)18(23)20-9-6-13-2-3-13/h4-5,12-14H,2-3,6-11H2,1H3,(H,20,23). The van der Waals surface area contributed by atoms with Crippen LogP contribution in [0.1, 0.15) is 43.6 Å². The summed E-state index contributed by atoms with van der Waals surface area (Å²) in [6, 6.07) is 6.08. The van der Waals surface area contributed by atoms with E-state index in [1.165, 1.54) is 23.0 Å². The van der Waals surface area contributed by atoms with E-state index in [0.717, 1.165) is 50.3 Å². The molecule has 6 nitrogen and oxygen atoms in total. The Morgan fingerprint density at radius 1 is 1.24 bits per heavy atom. The zero-order valence-corrected chi connectivity index (χ0v) is 14.7. The molecular weight excluding hydrogens is 318 g/mol. The first-order chi connectivity index (χ1) is 12.1. The Balaban J connectivity index is 1.34. The molecule has 1 aliphatic heterocycles. The van der Waals surface area contributed by atoms with Crippen molar-refractivity contribution in [2.45, 2.75) is 38.0 Å². The summed E-state index contributed by atoms with van der Waals surface area (Å²) in [6.45, 7) is 2.35. The van der Waals surface area contributed by atoms with Crippen LogP contribution in [-0.2, 0) is 7.05 Å². The van der Waals surface area contributed by atoms with Gasteiger partial charge in [-0.2, -0.15) is 0 Å². The third kappa shape index (κ3) is 3.43. The minimum Gasteiger partial charge on any atom is -0.408 e. The highest BCUT2D eigenvalue weighted by Gasteiger charge is 2.25. The number of benzene rings is 1. The van der Waals surface area contributed by atoms with Crippen LogP contribution in [0, 0.1) is 5.92 Å². The maximum Gasteiger partial charge on any atom is 0.419 e. The van der Waals surface area contributed by atoms with Crippen LogP contribution in [0.5, 0.6) is 0 Å². The Morgan fingerprint density at radius 3 is 2.72 bits per heavy atom. The largest absolute Gasteiger partial charge is 0.419 e. The second-order valence-corrected chi connectivity index (χ2v) is 7.38. The number of urea groups is 1. The number of aryl methyl sites for hydroxylation is 1. The van der Waals surface area contributed by atoms with E-state index in [1.54, 1.807) is 7.05 Å². The average Bonchev–Trinajstić information content (AvgIpc) is 3.40. The molecule has 1 saturated carbocycles. The number of nitrogens with zero attached hydrogens (tertiary/aromatic N) is 2. The zero-order valence-electron chi connectivity index (χ0n) is 14.7. The number of aromatic nitrogens is 1. The summed E-state index contributed by atoms with van der Waals surface area (Å²) in [5.74, 6) is 0.925. The van der Waals surface area contributed by atoms with Crippen molar-refractivity contribution in [3.8, 4) is 0 Å². The monoisotopic (exact) mass is 343 g/mol. The van der Waals surface area contributed by atoms with Crippen molar-refractivity contribution in [1.29, 1.82) is 0 Å². The molecule has 1 aromatic heterocycles. The summed E-state index contributed by atoms with van der Waals surface area (Å²) < 4.78 is 6.81. The Bertz CT molecular complexity index is 826. The van der Waals surface area contributed by atoms with Gasteiger partial charge in [-0.05, 0) is 48.8 Å². The summed E-state index contributed by atoms with van der Waals surface area (Å²) in [4.78, 5) is 25.8. The molecule has 2 aromatic rings. The Labute approximate surface area is 146 Å². The van der Waals surface area contributed by atoms with Gasteiger partial charge in [0, 0.05) is 26.7 Å². The van der Waals surface area contributed by atoms with Crippen molar-refractivity contribution in [3.05, 3.63) is 34.3 Å². The number of carbonyl (C=O) groups is 1. The van der Waals surface area contributed by atoms with Gasteiger partial charge in [-0.25, -0.2) is 9.59 Å². The van der Waals surface area contributed by atoms with Gasteiger partial charge in [0.2, 0.25) is 0 Å². The summed E-state index contributed by atoms with van der Waals surface area (Å²) in [7, 11) is 1.72. The van der Waals surface area contributed by atoms with Crippen LogP contribution in [0.15, 0.2) is 27.4 Å². The van der Waals surface area contributed by atoms with Crippen LogP contribution in [0.4, 0.5) is 4.79 Å². The Morgan fingerprint density at radius 2 is 2.00 bits per heavy atom. The molecule has 1 N–H and O–H groups in total. The molecule has 1 aromatic carbocycles. The number of hydrogen-bond acceptors (Lipinski definition) is 3. The van der Waals surface area contributed by atoms with E-state index in [9.17, 15) is 9.59 Å². The molecule has 0 unspecified atom stereocenters. The number of hydrogen-bond donors (Lipinski definition) is 1. The quantitative estimate of drug-likeness (QED) is 0.928. The summed E-state index contributed by atoms with van der Waals surface area (Å²) in [6.07, 6.45) is 5.65. The van der Waals surface area contributed by atoms with E-state index in [-0.39, 0.29) is 11.8 Å². The normalized spacial score (nSPS) is 18.7. The number of carbonyl (C=O) groups excluding carboxylic acids is 1. The van der Waals surface area contributed by atoms with E-state index < -0.39 is 0 Å². The number of oxazole rings is 1. The lowest BCUT2D eigenvalue weighted by Crippen LogP contribution is -2.44. The van der Waals surface area contributed by atoms with Gasteiger partial charge >= 0.3 is 11.8 Å². The second-order valence-electron chi connectivity index (χ2n) is 7.38. The van der Waals surface area contributed by atoms with Gasteiger partial charge in [0.15, 0.2) is 5.58 Å². The van der Waals surface area contributed by atoms with Crippen LogP contribution in [0.25, 0.3) is 11.1 Å². The summed E-state index contributed by atoms with van der Waals surface area (Å²) >= 11 is 0. The van der Waals surface area contributed by atoms with Crippen molar-refractivity contribution in [2.75, 3.05) is 19.6 Å². The highest BCUT2D eigenvalue weighted by Crippen LogP contribution is 2.32. The van der Waals surface area contributed by atoms with Crippen molar-refractivity contribution < 1.29 is 9.21 Å². The van der Waals surface area contributed by atoms with Gasteiger partial charge in [-0.1, -0.05) is 18.9 Å². The zero-order chi connectivity index (χ0) is 17.4. The lowest BCUT2D eigenvalue weighted by atomic mass is 9.89. The highest BCUT2D eigenvalue weighted by molar-refractivity contribution is 5.75. The van der Waals surface area contributed by atoms with Crippen molar-refractivity contribution in [3.63, 3.8) is 0 Å². The molecule has 4 rings (SSSR count). The molecule has 1 saturated heterocycles. The molecule has 134 valence electrons.